The molecular formula is C17H24N2O2. The van der Waals surface area contributed by atoms with Crippen LogP contribution in [0.2, 0.25) is 0 Å². The van der Waals surface area contributed by atoms with E-state index in [1.807, 2.05) is 19.1 Å². The minimum absolute atomic E-state index is 0.0117. The third kappa shape index (κ3) is 5.22. The Morgan fingerprint density at radius 1 is 1.43 bits per heavy atom. The van der Waals surface area contributed by atoms with Gasteiger partial charge in [0.1, 0.15) is 0 Å². The van der Waals surface area contributed by atoms with Crippen molar-refractivity contribution in [1.29, 1.82) is 0 Å². The molecule has 1 aromatic rings. The first-order chi connectivity index (χ1) is 9.99. The molecule has 1 atom stereocenters. The van der Waals surface area contributed by atoms with E-state index >= 15 is 0 Å². The molecule has 1 aromatic carbocycles. The molecule has 1 rings (SSSR count). The highest BCUT2D eigenvalue weighted by Crippen LogP contribution is 2.11. The summed E-state index contributed by atoms with van der Waals surface area (Å²) >= 11 is 0. The van der Waals surface area contributed by atoms with Gasteiger partial charge >= 0.3 is 0 Å². The van der Waals surface area contributed by atoms with Crippen LogP contribution >= 0.6 is 0 Å². The number of nitrogens with one attached hydrogen (secondary N) is 1. The van der Waals surface area contributed by atoms with Gasteiger partial charge in [0.2, 0.25) is 0 Å². The Bertz CT molecular complexity index is 541. The minimum atomic E-state index is -0.110. The van der Waals surface area contributed by atoms with Crippen LogP contribution in [0.4, 0.5) is 0 Å². The van der Waals surface area contributed by atoms with Crippen molar-refractivity contribution in [2.45, 2.75) is 26.8 Å². The van der Waals surface area contributed by atoms with Crippen molar-refractivity contribution in [2.24, 2.45) is 11.7 Å². The Labute approximate surface area is 127 Å². The van der Waals surface area contributed by atoms with E-state index in [0.29, 0.717) is 24.6 Å². The second kappa shape index (κ2) is 8.46. The molecule has 0 aliphatic rings. The van der Waals surface area contributed by atoms with Gasteiger partial charge in [0, 0.05) is 18.2 Å². The maximum absolute atomic E-state index is 12.3. The maximum Gasteiger partial charge on any atom is 0.251 e. The lowest BCUT2D eigenvalue weighted by Crippen LogP contribution is -2.41. The van der Waals surface area contributed by atoms with Crippen molar-refractivity contribution in [1.82, 2.24) is 5.32 Å². The van der Waals surface area contributed by atoms with Crippen LogP contribution in [0.1, 0.15) is 35.3 Å². The summed E-state index contributed by atoms with van der Waals surface area (Å²) < 4.78 is 5.15. The van der Waals surface area contributed by atoms with Gasteiger partial charge in [-0.1, -0.05) is 31.8 Å². The predicted octanol–water partition coefficient (Wildman–Crippen LogP) is 1.71. The Balaban J connectivity index is 2.92. The molecule has 0 saturated heterocycles. The number of amides is 1. The van der Waals surface area contributed by atoms with E-state index in [1.54, 1.807) is 13.2 Å². The molecule has 4 heteroatoms. The summed E-state index contributed by atoms with van der Waals surface area (Å²) in [6.07, 6.45) is 0. The standard InChI is InChI=1S/C17H24N2O2/c1-12(2)16(11-21-4)19-17(20)15-8-7-13(3)14(10-15)6-5-9-18/h7-8,10,12,16H,9,11,18H2,1-4H3,(H,19,20). The Morgan fingerprint density at radius 2 is 2.14 bits per heavy atom. The highest BCUT2D eigenvalue weighted by atomic mass is 16.5. The highest BCUT2D eigenvalue weighted by molar-refractivity contribution is 5.94. The molecule has 114 valence electrons. The van der Waals surface area contributed by atoms with E-state index in [1.165, 1.54) is 0 Å². The summed E-state index contributed by atoms with van der Waals surface area (Å²) in [5, 5.41) is 3.00. The second-order valence-electron chi connectivity index (χ2n) is 5.31. The minimum Gasteiger partial charge on any atom is -0.383 e. The SMILES string of the molecule is COCC(NC(=O)c1ccc(C)c(C#CCN)c1)C(C)C. The first-order valence-corrected chi connectivity index (χ1v) is 7.09. The van der Waals surface area contributed by atoms with E-state index in [0.717, 1.165) is 11.1 Å². The number of carbonyl (C=O) groups excluding carboxylic acids is 1. The van der Waals surface area contributed by atoms with Crippen molar-refractivity contribution in [3.05, 3.63) is 34.9 Å². The smallest absolute Gasteiger partial charge is 0.251 e. The van der Waals surface area contributed by atoms with E-state index in [9.17, 15) is 4.79 Å². The van der Waals surface area contributed by atoms with Crippen LogP contribution in [0.3, 0.4) is 0 Å². The monoisotopic (exact) mass is 288 g/mol. The van der Waals surface area contributed by atoms with Gasteiger partial charge in [-0.25, -0.2) is 0 Å². The molecule has 21 heavy (non-hydrogen) atoms. The number of aryl methyl sites for hydroxylation is 1. The molecule has 1 unspecified atom stereocenters. The van der Waals surface area contributed by atoms with Gasteiger partial charge in [0.25, 0.3) is 5.91 Å². The zero-order chi connectivity index (χ0) is 15.8. The fourth-order valence-electron chi connectivity index (χ4n) is 1.88. The fraction of sp³-hybridized carbons (Fsp3) is 0.471. The third-order valence-corrected chi connectivity index (χ3v) is 3.29. The first kappa shape index (κ1) is 17.2. The van der Waals surface area contributed by atoms with Gasteiger partial charge in [-0.15, -0.1) is 0 Å². The number of benzene rings is 1. The Hall–Kier alpha value is -1.83. The van der Waals surface area contributed by atoms with Crippen LogP contribution in [0.25, 0.3) is 0 Å². The number of nitrogens with two attached hydrogens (primary N) is 1. The van der Waals surface area contributed by atoms with E-state index in [-0.39, 0.29) is 11.9 Å². The molecule has 0 aliphatic heterocycles. The largest absolute Gasteiger partial charge is 0.383 e. The summed E-state index contributed by atoms with van der Waals surface area (Å²) in [4.78, 5) is 12.3. The average molecular weight is 288 g/mol. The van der Waals surface area contributed by atoms with Gasteiger partial charge in [-0.05, 0) is 30.5 Å². The lowest BCUT2D eigenvalue weighted by atomic mass is 10.0. The van der Waals surface area contributed by atoms with Gasteiger partial charge in [-0.3, -0.25) is 4.79 Å². The van der Waals surface area contributed by atoms with Crippen LogP contribution in [0.15, 0.2) is 18.2 Å². The van der Waals surface area contributed by atoms with Crippen molar-refractivity contribution in [2.75, 3.05) is 20.3 Å². The molecule has 1 amide bonds. The zero-order valence-electron chi connectivity index (χ0n) is 13.2. The van der Waals surface area contributed by atoms with E-state index < -0.39 is 0 Å². The molecule has 0 saturated carbocycles. The number of carbonyl (C=O) groups is 1. The Kier molecular flexibility index (Phi) is 6.93. The zero-order valence-corrected chi connectivity index (χ0v) is 13.2. The molecule has 3 N–H and O–H groups in total. The predicted molar refractivity (Wildman–Crippen MR) is 85.1 cm³/mol. The number of rotatable bonds is 5. The van der Waals surface area contributed by atoms with E-state index in [2.05, 4.69) is 31.0 Å². The Morgan fingerprint density at radius 3 is 2.71 bits per heavy atom. The molecule has 0 aromatic heterocycles. The van der Waals surface area contributed by atoms with Crippen LogP contribution in [-0.2, 0) is 4.74 Å². The molecule has 0 heterocycles. The van der Waals surface area contributed by atoms with Gasteiger partial charge in [0.15, 0.2) is 0 Å². The lowest BCUT2D eigenvalue weighted by Gasteiger charge is -2.21. The van der Waals surface area contributed by atoms with Crippen LogP contribution in [0.5, 0.6) is 0 Å². The summed E-state index contributed by atoms with van der Waals surface area (Å²) in [7, 11) is 1.63. The van der Waals surface area contributed by atoms with Crippen molar-refractivity contribution >= 4 is 5.91 Å². The van der Waals surface area contributed by atoms with Crippen LogP contribution < -0.4 is 11.1 Å². The van der Waals surface area contributed by atoms with E-state index in [4.69, 9.17) is 10.5 Å². The van der Waals surface area contributed by atoms with Crippen LogP contribution in [0, 0.1) is 24.7 Å². The molecular weight excluding hydrogens is 264 g/mol. The van der Waals surface area contributed by atoms with Crippen molar-refractivity contribution in [3.8, 4) is 11.8 Å². The summed E-state index contributed by atoms with van der Waals surface area (Å²) in [6, 6.07) is 5.50. The van der Waals surface area contributed by atoms with Gasteiger partial charge < -0.3 is 15.8 Å². The molecule has 4 nitrogen and oxygen atoms in total. The van der Waals surface area contributed by atoms with Crippen molar-refractivity contribution in [3.63, 3.8) is 0 Å². The fourth-order valence-corrected chi connectivity index (χ4v) is 1.88. The number of ether oxygens (including phenoxy) is 1. The molecule has 0 bridgehead atoms. The maximum atomic E-state index is 12.3. The average Bonchev–Trinajstić information content (AvgIpc) is 2.45. The second-order valence-corrected chi connectivity index (χ2v) is 5.31. The van der Waals surface area contributed by atoms with Gasteiger partial charge in [0.05, 0.1) is 19.2 Å². The number of hydrogen-bond acceptors (Lipinski definition) is 3. The van der Waals surface area contributed by atoms with Crippen molar-refractivity contribution < 1.29 is 9.53 Å². The lowest BCUT2D eigenvalue weighted by molar-refractivity contribution is 0.0866. The molecule has 0 spiro atoms. The first-order valence-electron chi connectivity index (χ1n) is 7.09. The third-order valence-electron chi connectivity index (χ3n) is 3.29. The molecule has 0 fully saturated rings. The summed E-state index contributed by atoms with van der Waals surface area (Å²) in [5.41, 5.74) is 7.86. The molecule has 0 radical (unpaired) electrons. The number of hydrogen-bond donors (Lipinski definition) is 2. The molecule has 0 aliphatic carbocycles. The highest BCUT2D eigenvalue weighted by Gasteiger charge is 2.17. The normalized spacial score (nSPS) is 11.7. The topological polar surface area (TPSA) is 64.3 Å². The quantitative estimate of drug-likeness (QED) is 0.811. The summed E-state index contributed by atoms with van der Waals surface area (Å²) in [5.74, 6) is 6.00. The summed E-state index contributed by atoms with van der Waals surface area (Å²) in [6.45, 7) is 6.87. The van der Waals surface area contributed by atoms with Crippen LogP contribution in [-0.4, -0.2) is 32.2 Å². The number of methoxy groups -OCH3 is 1. The van der Waals surface area contributed by atoms with Gasteiger partial charge in [-0.2, -0.15) is 0 Å².